The number of hydrogen-bond acceptors (Lipinski definition) is 9. The highest BCUT2D eigenvalue weighted by Crippen LogP contribution is 2.38. The fraction of sp³-hybridized carbons (Fsp3) is 0.419. The maximum absolute atomic E-state index is 15.6. The van der Waals surface area contributed by atoms with Gasteiger partial charge in [0.05, 0.1) is 17.0 Å². The lowest BCUT2D eigenvalue weighted by Crippen LogP contribution is -2.49. The Balaban J connectivity index is 0.00000316. The van der Waals surface area contributed by atoms with E-state index in [-0.39, 0.29) is 18.1 Å². The number of fused-ring (bicyclic) bond motifs is 2. The molecule has 0 radical (unpaired) electrons. The second kappa shape index (κ2) is 11.0. The molecule has 2 fully saturated rings. The number of likely N-dealkylation sites (N-methyl/N-ethyl adjacent to an activating group) is 1. The van der Waals surface area contributed by atoms with E-state index >= 15 is 4.39 Å². The first-order valence-electron chi connectivity index (χ1n) is 14.4. The Labute approximate surface area is 244 Å². The first-order valence-corrected chi connectivity index (χ1v) is 14.4. The van der Waals surface area contributed by atoms with E-state index in [0.29, 0.717) is 45.3 Å². The van der Waals surface area contributed by atoms with Crippen LogP contribution in [-0.4, -0.2) is 73.8 Å². The van der Waals surface area contributed by atoms with Crippen molar-refractivity contribution in [3.63, 3.8) is 0 Å². The third-order valence-corrected chi connectivity index (χ3v) is 8.88. The van der Waals surface area contributed by atoms with E-state index in [1.807, 2.05) is 36.7 Å². The fourth-order valence-corrected chi connectivity index (χ4v) is 6.63. The summed E-state index contributed by atoms with van der Waals surface area (Å²) >= 11 is 0. The van der Waals surface area contributed by atoms with Crippen LogP contribution in [0.1, 0.15) is 42.9 Å². The molecule has 0 spiro atoms. The number of anilines is 1. The van der Waals surface area contributed by atoms with Crippen LogP contribution in [0.5, 0.6) is 0 Å². The molecule has 5 N–H and O–H groups in total. The number of hydrogen-bond donors (Lipinski definition) is 2. The zero-order valence-corrected chi connectivity index (χ0v) is 24.5. The zero-order valence-electron chi connectivity index (χ0n) is 24.5. The number of benzene rings is 2. The van der Waals surface area contributed by atoms with Crippen molar-refractivity contribution in [3.05, 3.63) is 53.6 Å². The van der Waals surface area contributed by atoms with Gasteiger partial charge in [0, 0.05) is 37.8 Å². The average Bonchev–Trinajstić information content (AvgIpc) is 3.57. The Hall–Kier alpha value is -3.93. The molecule has 0 unspecified atom stereocenters. The minimum atomic E-state index is -0.436. The number of halogens is 1. The third kappa shape index (κ3) is 4.91. The van der Waals surface area contributed by atoms with Crippen LogP contribution in [0.3, 0.4) is 0 Å². The summed E-state index contributed by atoms with van der Waals surface area (Å²) in [7, 11) is 2.19. The lowest BCUT2D eigenvalue weighted by molar-refractivity contribution is 0.0815. The topological polar surface area (TPSA) is 137 Å². The minimum absolute atomic E-state index is 0. The number of aromatic nitrogens is 5. The summed E-state index contributed by atoms with van der Waals surface area (Å²) in [6.45, 7) is 8.50. The summed E-state index contributed by atoms with van der Waals surface area (Å²) < 4.78 is 23.6. The molecule has 0 atom stereocenters. The molecule has 10 nitrogen and oxygen atoms in total. The first-order chi connectivity index (χ1) is 19.9. The smallest absolute Gasteiger partial charge is 0.230 e. The maximum atomic E-state index is 15.6. The van der Waals surface area contributed by atoms with Crippen molar-refractivity contribution in [2.75, 3.05) is 39.0 Å². The lowest BCUT2D eigenvalue weighted by Gasteiger charge is -2.41. The van der Waals surface area contributed by atoms with Gasteiger partial charge in [-0.05, 0) is 75.9 Å². The van der Waals surface area contributed by atoms with Gasteiger partial charge in [-0.25, -0.2) is 24.0 Å². The molecule has 2 aromatic carbocycles. The maximum Gasteiger partial charge on any atom is 0.230 e. The molecule has 42 heavy (non-hydrogen) atoms. The van der Waals surface area contributed by atoms with Gasteiger partial charge >= 0.3 is 0 Å². The van der Waals surface area contributed by atoms with Crippen LogP contribution < -0.4 is 11.9 Å². The molecule has 11 heteroatoms. The zero-order chi connectivity index (χ0) is 28.2. The average molecular weight is 572 g/mol. The molecule has 1 aliphatic heterocycles. The molecule has 1 aliphatic carbocycles. The van der Waals surface area contributed by atoms with Crippen LogP contribution in [0.15, 0.2) is 41.1 Å². The largest absolute Gasteiger partial charge is 0.436 e. The molecule has 5 aromatic rings. The van der Waals surface area contributed by atoms with E-state index in [9.17, 15) is 0 Å². The second-order valence-electron chi connectivity index (χ2n) is 11.7. The molecular weight excluding hydrogens is 533 g/mol. The van der Waals surface area contributed by atoms with Gasteiger partial charge in [-0.2, -0.15) is 5.10 Å². The SMILES string of the molecule is Cc1cc(C)c2oc(-c3ccc(-c4nn(C5CCC(N6CCN(C)CC6)CC5)c5ncnc(N)c45)cc3F)nc2c1.N. The number of aryl methyl sites for hydroxylation is 2. The Morgan fingerprint density at radius 2 is 1.69 bits per heavy atom. The van der Waals surface area contributed by atoms with Gasteiger partial charge in [-0.15, -0.1) is 0 Å². The molecule has 0 bridgehead atoms. The molecule has 2 aliphatic rings. The van der Waals surface area contributed by atoms with Crippen molar-refractivity contribution in [1.29, 1.82) is 0 Å². The van der Waals surface area contributed by atoms with Gasteiger partial charge < -0.3 is 21.2 Å². The molecule has 3 aromatic heterocycles. The quantitative estimate of drug-likeness (QED) is 0.285. The summed E-state index contributed by atoms with van der Waals surface area (Å²) in [5, 5.41) is 5.66. The first kappa shape index (κ1) is 28.2. The van der Waals surface area contributed by atoms with Gasteiger partial charge in [0.15, 0.2) is 11.2 Å². The van der Waals surface area contributed by atoms with E-state index in [2.05, 4.69) is 31.8 Å². The lowest BCUT2D eigenvalue weighted by atomic mass is 9.90. The number of oxazole rings is 1. The van der Waals surface area contributed by atoms with Crippen LogP contribution in [0.25, 0.3) is 44.8 Å². The number of nitrogens with zero attached hydrogens (tertiary/aromatic N) is 7. The van der Waals surface area contributed by atoms with Crippen LogP contribution in [0.2, 0.25) is 0 Å². The van der Waals surface area contributed by atoms with E-state index < -0.39 is 5.82 Å². The van der Waals surface area contributed by atoms with Crippen molar-refractivity contribution in [2.24, 2.45) is 0 Å². The highest BCUT2D eigenvalue weighted by Gasteiger charge is 2.31. The summed E-state index contributed by atoms with van der Waals surface area (Å²) in [6.07, 6.45) is 5.76. The predicted molar refractivity (Wildman–Crippen MR) is 163 cm³/mol. The highest BCUT2D eigenvalue weighted by molar-refractivity contribution is 5.98. The van der Waals surface area contributed by atoms with E-state index in [4.69, 9.17) is 15.2 Å². The summed E-state index contributed by atoms with van der Waals surface area (Å²) in [6, 6.07) is 9.82. The summed E-state index contributed by atoms with van der Waals surface area (Å²) in [5.74, 6) is 0.166. The Morgan fingerprint density at radius 3 is 2.43 bits per heavy atom. The van der Waals surface area contributed by atoms with Gasteiger partial charge in [0.25, 0.3) is 0 Å². The van der Waals surface area contributed by atoms with Crippen molar-refractivity contribution in [1.82, 2.24) is 40.7 Å². The monoisotopic (exact) mass is 571 g/mol. The molecule has 1 saturated heterocycles. The van der Waals surface area contributed by atoms with Crippen molar-refractivity contribution in [2.45, 2.75) is 51.6 Å². The second-order valence-corrected chi connectivity index (χ2v) is 11.7. The molecule has 4 heterocycles. The fourth-order valence-electron chi connectivity index (χ4n) is 6.63. The standard InChI is InChI=1S/C31H35FN8O.H3N/c1-18-14-19(2)28-25(15-18)36-31(41-28)23-9-4-20(16-24(23)32)27-26-29(33)34-17-35-30(26)40(37-27)22-7-5-21(6-8-22)39-12-10-38(3)11-13-39;/h4,9,14-17,21-22H,5-8,10-13H2,1-3H3,(H2,33,34,35);1H3. The van der Waals surface area contributed by atoms with E-state index in [0.717, 1.165) is 68.5 Å². The van der Waals surface area contributed by atoms with Crippen LogP contribution in [0.4, 0.5) is 10.2 Å². The van der Waals surface area contributed by atoms with Gasteiger partial charge in [0.2, 0.25) is 5.89 Å². The van der Waals surface area contributed by atoms with Crippen LogP contribution >= 0.6 is 0 Å². The molecular formula is C31H38FN9O. The molecule has 220 valence electrons. The Bertz CT molecular complexity index is 1750. The summed E-state index contributed by atoms with van der Waals surface area (Å²) in [4.78, 5) is 18.4. The number of nitrogen functional groups attached to an aromatic ring is 1. The highest BCUT2D eigenvalue weighted by atomic mass is 19.1. The van der Waals surface area contributed by atoms with Gasteiger partial charge in [0.1, 0.15) is 29.2 Å². The predicted octanol–water partition coefficient (Wildman–Crippen LogP) is 5.53. The summed E-state index contributed by atoms with van der Waals surface area (Å²) in [5.41, 5.74) is 12.0. The number of nitrogens with two attached hydrogens (primary N) is 1. The molecule has 7 rings (SSSR count). The normalized spacial score (nSPS) is 20.3. The van der Waals surface area contributed by atoms with Gasteiger partial charge in [-0.1, -0.05) is 12.1 Å². The minimum Gasteiger partial charge on any atom is -0.436 e. The Morgan fingerprint density at radius 1 is 0.952 bits per heavy atom. The van der Waals surface area contributed by atoms with Crippen molar-refractivity contribution in [3.8, 4) is 22.7 Å². The third-order valence-electron chi connectivity index (χ3n) is 8.88. The van der Waals surface area contributed by atoms with Crippen molar-refractivity contribution >= 4 is 28.0 Å². The molecule has 0 amide bonds. The number of piperazine rings is 1. The van der Waals surface area contributed by atoms with Crippen LogP contribution in [-0.2, 0) is 0 Å². The Kier molecular flexibility index (Phi) is 7.42. The van der Waals surface area contributed by atoms with Crippen LogP contribution in [0, 0.1) is 19.7 Å². The van der Waals surface area contributed by atoms with E-state index in [1.165, 1.54) is 12.4 Å². The van der Waals surface area contributed by atoms with Gasteiger partial charge in [-0.3, -0.25) is 4.90 Å². The number of rotatable bonds is 4. The van der Waals surface area contributed by atoms with Crippen molar-refractivity contribution < 1.29 is 8.81 Å². The molecule has 1 saturated carbocycles. The van der Waals surface area contributed by atoms with E-state index in [1.54, 1.807) is 6.07 Å².